The summed E-state index contributed by atoms with van der Waals surface area (Å²) >= 11 is 0. The van der Waals surface area contributed by atoms with E-state index in [1.54, 1.807) is 0 Å². The second-order valence-electron chi connectivity index (χ2n) is 7.89. The maximum absolute atomic E-state index is 12.9. The lowest BCUT2D eigenvalue weighted by molar-refractivity contribution is -0.171. The minimum Gasteiger partial charge on any atom is -0.461 e. The van der Waals surface area contributed by atoms with Gasteiger partial charge in [-0.3, -0.25) is 24.1 Å². The van der Waals surface area contributed by atoms with Crippen molar-refractivity contribution >= 4 is 23.8 Å². The molecule has 150 valence electrons. The molecule has 1 aromatic carbocycles. The molecule has 0 radical (unpaired) electrons. The van der Waals surface area contributed by atoms with Crippen LogP contribution in [0.15, 0.2) is 30.3 Å². The average Bonchev–Trinajstić information content (AvgIpc) is 3.16. The molecule has 1 saturated carbocycles. The van der Waals surface area contributed by atoms with Gasteiger partial charge in [-0.05, 0) is 32.3 Å². The van der Waals surface area contributed by atoms with E-state index in [1.165, 1.54) is 25.7 Å². The standard InChI is InChI=1S/C21H25NO6/c1-13(23)28-21(2,3)20(26)22-17-10-9-15(16(17)11-18(22)24)19(25)27-12-14-7-5-4-6-8-14/h4-8,15-17H,9-12H2,1-3H3/t15?,16-,17-/m0/s1. The number of likely N-dealkylation sites (tertiary alicyclic amines) is 1. The first-order chi connectivity index (χ1) is 13.2. The first-order valence-corrected chi connectivity index (χ1v) is 9.47. The zero-order valence-electron chi connectivity index (χ0n) is 16.3. The Labute approximate surface area is 164 Å². The molecule has 3 rings (SSSR count). The third kappa shape index (κ3) is 3.93. The molecule has 0 aromatic heterocycles. The molecule has 3 atom stereocenters. The summed E-state index contributed by atoms with van der Waals surface area (Å²) in [5.74, 6) is -2.47. The van der Waals surface area contributed by atoms with Crippen LogP contribution in [0.1, 0.15) is 45.6 Å². The fourth-order valence-corrected chi connectivity index (χ4v) is 4.22. The number of carbonyl (C=O) groups is 4. The quantitative estimate of drug-likeness (QED) is 0.720. The average molecular weight is 387 g/mol. The molecular formula is C21H25NO6. The number of ether oxygens (including phenoxy) is 2. The van der Waals surface area contributed by atoms with Gasteiger partial charge in [0.1, 0.15) is 6.61 Å². The van der Waals surface area contributed by atoms with Crippen LogP contribution in [0.25, 0.3) is 0 Å². The molecule has 2 fully saturated rings. The zero-order valence-corrected chi connectivity index (χ0v) is 16.3. The van der Waals surface area contributed by atoms with Crippen molar-refractivity contribution in [2.75, 3.05) is 0 Å². The van der Waals surface area contributed by atoms with E-state index in [4.69, 9.17) is 9.47 Å². The monoisotopic (exact) mass is 387 g/mol. The molecule has 1 unspecified atom stereocenters. The topological polar surface area (TPSA) is 90.0 Å². The molecule has 1 aromatic rings. The second kappa shape index (κ2) is 7.73. The Kier molecular flexibility index (Phi) is 5.54. The van der Waals surface area contributed by atoms with Gasteiger partial charge < -0.3 is 9.47 Å². The van der Waals surface area contributed by atoms with Gasteiger partial charge in [0.05, 0.1) is 5.92 Å². The zero-order chi connectivity index (χ0) is 20.5. The van der Waals surface area contributed by atoms with E-state index < -0.39 is 23.4 Å². The fraction of sp³-hybridized carbons (Fsp3) is 0.524. The summed E-state index contributed by atoms with van der Waals surface area (Å²) in [4.78, 5) is 50.4. The molecule has 1 heterocycles. The van der Waals surface area contributed by atoms with E-state index in [-0.39, 0.29) is 36.9 Å². The number of esters is 2. The van der Waals surface area contributed by atoms with Crippen molar-refractivity contribution < 1.29 is 28.7 Å². The van der Waals surface area contributed by atoms with Crippen LogP contribution < -0.4 is 0 Å². The lowest BCUT2D eigenvalue weighted by Crippen LogP contribution is -2.51. The number of amides is 2. The molecule has 7 heteroatoms. The summed E-state index contributed by atoms with van der Waals surface area (Å²) in [5, 5.41) is 0. The minimum atomic E-state index is -1.43. The fourth-order valence-electron chi connectivity index (χ4n) is 4.22. The lowest BCUT2D eigenvalue weighted by atomic mass is 9.93. The highest BCUT2D eigenvalue weighted by atomic mass is 16.6. The van der Waals surface area contributed by atoms with Crippen molar-refractivity contribution in [1.82, 2.24) is 4.90 Å². The van der Waals surface area contributed by atoms with Crippen LogP contribution in [0.2, 0.25) is 0 Å². The van der Waals surface area contributed by atoms with Gasteiger partial charge in [-0.15, -0.1) is 0 Å². The summed E-state index contributed by atoms with van der Waals surface area (Å²) in [6, 6.07) is 9.03. The number of benzene rings is 1. The number of nitrogens with zero attached hydrogens (tertiary/aromatic N) is 1. The maximum atomic E-state index is 12.9. The molecule has 1 aliphatic heterocycles. The van der Waals surface area contributed by atoms with Crippen LogP contribution in [0.5, 0.6) is 0 Å². The summed E-state index contributed by atoms with van der Waals surface area (Å²) in [6.07, 6.45) is 1.23. The van der Waals surface area contributed by atoms with Crippen molar-refractivity contribution in [3.63, 3.8) is 0 Å². The molecular weight excluding hydrogens is 362 g/mol. The van der Waals surface area contributed by atoms with Crippen LogP contribution in [0, 0.1) is 11.8 Å². The van der Waals surface area contributed by atoms with Crippen molar-refractivity contribution in [3.05, 3.63) is 35.9 Å². The van der Waals surface area contributed by atoms with Gasteiger partial charge >= 0.3 is 11.9 Å². The van der Waals surface area contributed by atoms with Crippen LogP contribution >= 0.6 is 0 Å². The third-order valence-electron chi connectivity index (χ3n) is 5.45. The maximum Gasteiger partial charge on any atom is 0.309 e. The van der Waals surface area contributed by atoms with Crippen molar-refractivity contribution in [3.8, 4) is 0 Å². The summed E-state index contributed by atoms with van der Waals surface area (Å²) in [7, 11) is 0. The highest BCUT2D eigenvalue weighted by Gasteiger charge is 2.55. The van der Waals surface area contributed by atoms with Crippen molar-refractivity contribution in [2.45, 2.75) is 58.3 Å². The van der Waals surface area contributed by atoms with Crippen LogP contribution in [-0.2, 0) is 35.3 Å². The predicted octanol–water partition coefficient (Wildman–Crippen LogP) is 2.23. The molecule has 2 aliphatic rings. The molecule has 0 N–H and O–H groups in total. The molecule has 1 aliphatic carbocycles. The Balaban J connectivity index is 1.67. The first-order valence-electron chi connectivity index (χ1n) is 9.47. The third-order valence-corrected chi connectivity index (χ3v) is 5.45. The molecule has 0 spiro atoms. The number of imide groups is 1. The first kappa shape index (κ1) is 20.0. The van der Waals surface area contributed by atoms with Gasteiger partial charge in [0.25, 0.3) is 5.91 Å². The van der Waals surface area contributed by atoms with E-state index in [1.807, 2.05) is 30.3 Å². The van der Waals surface area contributed by atoms with Gasteiger partial charge in [-0.25, -0.2) is 0 Å². The van der Waals surface area contributed by atoms with E-state index in [0.717, 1.165) is 5.56 Å². The minimum absolute atomic E-state index is 0.123. The SMILES string of the molecule is CC(=O)OC(C)(C)C(=O)N1C(=O)C[C@H]2C(C(=O)OCc3ccccc3)CC[C@@H]21. The lowest BCUT2D eigenvalue weighted by Gasteiger charge is -2.31. The molecule has 2 amide bonds. The van der Waals surface area contributed by atoms with Crippen LogP contribution in [0.4, 0.5) is 0 Å². The number of carbonyl (C=O) groups excluding carboxylic acids is 4. The van der Waals surface area contributed by atoms with Gasteiger partial charge in [0, 0.05) is 25.3 Å². The largest absolute Gasteiger partial charge is 0.461 e. The second-order valence-corrected chi connectivity index (χ2v) is 7.89. The van der Waals surface area contributed by atoms with Crippen LogP contribution in [-0.4, -0.2) is 40.3 Å². The van der Waals surface area contributed by atoms with Crippen molar-refractivity contribution in [1.29, 1.82) is 0 Å². The summed E-state index contributed by atoms with van der Waals surface area (Å²) in [5.41, 5.74) is -0.532. The van der Waals surface area contributed by atoms with Gasteiger partial charge in [-0.2, -0.15) is 0 Å². The Hall–Kier alpha value is -2.70. The highest BCUT2D eigenvalue weighted by Crippen LogP contribution is 2.44. The van der Waals surface area contributed by atoms with Gasteiger partial charge in [-0.1, -0.05) is 30.3 Å². The Morgan fingerprint density at radius 3 is 2.46 bits per heavy atom. The molecule has 0 bridgehead atoms. The number of rotatable bonds is 5. The predicted molar refractivity (Wildman–Crippen MR) is 98.6 cm³/mol. The summed E-state index contributed by atoms with van der Waals surface area (Å²) < 4.78 is 10.5. The smallest absolute Gasteiger partial charge is 0.309 e. The number of fused-ring (bicyclic) bond motifs is 1. The van der Waals surface area contributed by atoms with E-state index >= 15 is 0 Å². The number of hydrogen-bond acceptors (Lipinski definition) is 6. The number of hydrogen-bond donors (Lipinski definition) is 0. The van der Waals surface area contributed by atoms with E-state index in [9.17, 15) is 19.2 Å². The van der Waals surface area contributed by atoms with Crippen molar-refractivity contribution in [2.24, 2.45) is 11.8 Å². The van der Waals surface area contributed by atoms with Crippen LogP contribution in [0.3, 0.4) is 0 Å². The molecule has 7 nitrogen and oxygen atoms in total. The Morgan fingerprint density at radius 1 is 1.14 bits per heavy atom. The van der Waals surface area contributed by atoms with E-state index in [0.29, 0.717) is 12.8 Å². The van der Waals surface area contributed by atoms with Gasteiger partial charge in [0.2, 0.25) is 5.91 Å². The van der Waals surface area contributed by atoms with E-state index in [2.05, 4.69) is 0 Å². The molecule has 28 heavy (non-hydrogen) atoms. The van der Waals surface area contributed by atoms with Gasteiger partial charge in [0.15, 0.2) is 5.60 Å². The highest BCUT2D eigenvalue weighted by molar-refractivity contribution is 6.02. The molecule has 1 saturated heterocycles. The Morgan fingerprint density at radius 2 is 1.82 bits per heavy atom. The summed E-state index contributed by atoms with van der Waals surface area (Å²) in [6.45, 7) is 4.34. The Bertz CT molecular complexity index is 787. The normalized spacial score (nSPS) is 24.0.